The van der Waals surface area contributed by atoms with E-state index < -0.39 is 0 Å². The molecule has 3 rings (SSSR count). The largest absolute Gasteiger partial charge is 0.466 e. The molecule has 1 heterocycles. The number of para-hydroxylation sites is 1. The highest BCUT2D eigenvalue weighted by molar-refractivity contribution is 5.81. The van der Waals surface area contributed by atoms with Crippen molar-refractivity contribution in [1.29, 1.82) is 0 Å². The van der Waals surface area contributed by atoms with Gasteiger partial charge in [-0.25, -0.2) is 0 Å². The molecule has 0 aliphatic carbocycles. The van der Waals surface area contributed by atoms with Gasteiger partial charge < -0.3 is 9.64 Å². The lowest BCUT2D eigenvalue weighted by molar-refractivity contribution is -0.148. The molecule has 136 valence electrons. The van der Waals surface area contributed by atoms with Crippen LogP contribution in [-0.4, -0.2) is 31.9 Å². The maximum Gasteiger partial charge on any atom is 0.309 e. The number of nitrogens with one attached hydrogen (secondary N) is 1. The average Bonchev–Trinajstić information content (AvgIpc) is 2.70. The number of benzene rings is 2. The highest BCUT2D eigenvalue weighted by Gasteiger charge is 2.25. The van der Waals surface area contributed by atoms with E-state index >= 15 is 0 Å². The number of rotatable bonds is 6. The zero-order chi connectivity index (χ0) is 18.2. The van der Waals surface area contributed by atoms with Crippen molar-refractivity contribution in [2.45, 2.75) is 19.8 Å². The zero-order valence-corrected chi connectivity index (χ0v) is 15.1. The number of carbonyl (C=O) groups excluding carboxylic acids is 1. The van der Waals surface area contributed by atoms with E-state index in [2.05, 4.69) is 39.7 Å². The molecule has 0 saturated carbocycles. The Labute approximate surface area is 154 Å². The van der Waals surface area contributed by atoms with Crippen molar-refractivity contribution in [2.24, 2.45) is 11.0 Å². The van der Waals surface area contributed by atoms with E-state index in [1.54, 1.807) is 0 Å². The average molecular weight is 351 g/mol. The first-order valence-electron chi connectivity index (χ1n) is 9.12. The summed E-state index contributed by atoms with van der Waals surface area (Å²) in [7, 11) is 0. The Bertz CT molecular complexity index is 721. The van der Waals surface area contributed by atoms with Crippen LogP contribution in [0.2, 0.25) is 0 Å². The lowest BCUT2D eigenvalue weighted by atomic mass is 9.96. The molecule has 0 spiro atoms. The van der Waals surface area contributed by atoms with Crippen LogP contribution in [0.5, 0.6) is 0 Å². The number of hydrogen-bond acceptors (Lipinski definition) is 5. The molecule has 1 N–H and O–H groups in total. The van der Waals surface area contributed by atoms with Gasteiger partial charge in [-0.1, -0.05) is 30.3 Å². The number of hydrogen-bond donors (Lipinski definition) is 1. The van der Waals surface area contributed by atoms with Crippen LogP contribution in [0.15, 0.2) is 59.7 Å². The highest BCUT2D eigenvalue weighted by atomic mass is 16.5. The summed E-state index contributed by atoms with van der Waals surface area (Å²) in [5.74, 6) is -0.00806. The number of esters is 1. The minimum atomic E-state index is -0.0513. The summed E-state index contributed by atoms with van der Waals surface area (Å²) in [6.07, 6.45) is 3.51. The van der Waals surface area contributed by atoms with E-state index in [1.807, 2.05) is 43.5 Å². The van der Waals surface area contributed by atoms with E-state index in [-0.39, 0.29) is 11.9 Å². The van der Waals surface area contributed by atoms with E-state index in [1.165, 1.54) is 5.69 Å². The van der Waals surface area contributed by atoms with Crippen molar-refractivity contribution in [3.8, 4) is 0 Å². The maximum atomic E-state index is 11.8. The van der Waals surface area contributed by atoms with Crippen LogP contribution in [0.1, 0.15) is 25.3 Å². The molecule has 1 aliphatic heterocycles. The van der Waals surface area contributed by atoms with E-state index in [4.69, 9.17) is 4.74 Å². The van der Waals surface area contributed by atoms with Gasteiger partial charge in [-0.15, -0.1) is 0 Å². The number of ether oxygens (including phenoxy) is 1. The molecular weight excluding hydrogens is 326 g/mol. The molecule has 0 amide bonds. The first kappa shape index (κ1) is 18.0. The van der Waals surface area contributed by atoms with Gasteiger partial charge in [-0.3, -0.25) is 10.2 Å². The van der Waals surface area contributed by atoms with Crippen LogP contribution < -0.4 is 10.3 Å². The van der Waals surface area contributed by atoms with Crippen LogP contribution in [-0.2, 0) is 9.53 Å². The van der Waals surface area contributed by atoms with Crippen molar-refractivity contribution in [1.82, 2.24) is 0 Å². The van der Waals surface area contributed by atoms with Crippen LogP contribution in [0, 0.1) is 5.92 Å². The van der Waals surface area contributed by atoms with Crippen LogP contribution in [0.25, 0.3) is 0 Å². The van der Waals surface area contributed by atoms with Gasteiger partial charge in [0.05, 0.1) is 24.4 Å². The van der Waals surface area contributed by atoms with Crippen LogP contribution in [0.3, 0.4) is 0 Å². The third-order valence-corrected chi connectivity index (χ3v) is 4.55. The second-order valence-corrected chi connectivity index (χ2v) is 6.34. The van der Waals surface area contributed by atoms with Gasteiger partial charge in [0.25, 0.3) is 0 Å². The summed E-state index contributed by atoms with van der Waals surface area (Å²) in [6, 6.07) is 18.2. The second kappa shape index (κ2) is 9.04. The standard InChI is InChI=1S/C21H25N3O2/c1-2-26-21(25)18-12-14-24(15-13-18)20-10-8-17(9-11-20)16-22-23-19-6-4-3-5-7-19/h3-11,16,18,23H,2,12-15H2,1H3. The molecule has 5 heteroatoms. The topological polar surface area (TPSA) is 53.9 Å². The molecule has 5 nitrogen and oxygen atoms in total. The molecule has 2 aromatic rings. The predicted octanol–water partition coefficient (Wildman–Crippen LogP) is 3.91. The second-order valence-electron chi connectivity index (χ2n) is 6.34. The Morgan fingerprint density at radius 2 is 1.85 bits per heavy atom. The summed E-state index contributed by atoms with van der Waals surface area (Å²) in [6.45, 7) is 4.08. The van der Waals surface area contributed by atoms with Gasteiger partial charge in [0, 0.05) is 18.8 Å². The third-order valence-electron chi connectivity index (χ3n) is 4.55. The molecule has 0 atom stereocenters. The highest BCUT2D eigenvalue weighted by Crippen LogP contribution is 2.24. The fraction of sp³-hybridized carbons (Fsp3) is 0.333. The van der Waals surface area contributed by atoms with Crippen LogP contribution in [0.4, 0.5) is 11.4 Å². The lowest BCUT2D eigenvalue weighted by Gasteiger charge is -2.32. The number of anilines is 2. The molecule has 1 fully saturated rings. The monoisotopic (exact) mass is 351 g/mol. The van der Waals surface area contributed by atoms with Crippen molar-refractivity contribution < 1.29 is 9.53 Å². The van der Waals surface area contributed by atoms with E-state index in [0.29, 0.717) is 6.61 Å². The molecule has 26 heavy (non-hydrogen) atoms. The minimum Gasteiger partial charge on any atom is -0.466 e. The molecule has 1 aliphatic rings. The van der Waals surface area contributed by atoms with Gasteiger partial charge in [0.1, 0.15) is 0 Å². The van der Waals surface area contributed by atoms with Gasteiger partial charge in [0.2, 0.25) is 0 Å². The number of carbonyl (C=O) groups is 1. The van der Waals surface area contributed by atoms with Crippen molar-refractivity contribution in [2.75, 3.05) is 30.0 Å². The summed E-state index contributed by atoms with van der Waals surface area (Å²) < 4.78 is 5.13. The van der Waals surface area contributed by atoms with Gasteiger partial charge in [0.15, 0.2) is 0 Å². The summed E-state index contributed by atoms with van der Waals surface area (Å²) in [5, 5.41) is 4.26. The predicted molar refractivity (Wildman–Crippen MR) is 106 cm³/mol. The number of piperidine rings is 1. The Morgan fingerprint density at radius 1 is 1.15 bits per heavy atom. The van der Waals surface area contributed by atoms with E-state index in [9.17, 15) is 4.79 Å². The first-order valence-corrected chi connectivity index (χ1v) is 9.12. The Balaban J connectivity index is 1.51. The third kappa shape index (κ3) is 4.85. The normalized spacial score (nSPS) is 15.2. The molecule has 2 aromatic carbocycles. The summed E-state index contributed by atoms with van der Waals surface area (Å²) >= 11 is 0. The van der Waals surface area contributed by atoms with Crippen LogP contribution >= 0.6 is 0 Å². The summed E-state index contributed by atoms with van der Waals surface area (Å²) in [5.41, 5.74) is 6.20. The van der Waals surface area contributed by atoms with Crippen molar-refractivity contribution >= 4 is 23.6 Å². The summed E-state index contributed by atoms with van der Waals surface area (Å²) in [4.78, 5) is 14.1. The lowest BCUT2D eigenvalue weighted by Crippen LogP contribution is -2.36. The van der Waals surface area contributed by atoms with E-state index in [0.717, 1.165) is 37.2 Å². The first-order chi connectivity index (χ1) is 12.8. The smallest absolute Gasteiger partial charge is 0.309 e. The molecular formula is C21H25N3O2. The maximum absolute atomic E-state index is 11.8. The van der Waals surface area contributed by atoms with Gasteiger partial charge >= 0.3 is 5.97 Å². The van der Waals surface area contributed by atoms with Gasteiger partial charge in [-0.2, -0.15) is 5.10 Å². The molecule has 0 radical (unpaired) electrons. The Hall–Kier alpha value is -2.82. The number of nitrogens with zero attached hydrogens (tertiary/aromatic N) is 2. The van der Waals surface area contributed by atoms with Crippen molar-refractivity contribution in [3.05, 3.63) is 60.2 Å². The molecule has 1 saturated heterocycles. The number of hydrazone groups is 1. The van der Waals surface area contributed by atoms with Crippen molar-refractivity contribution in [3.63, 3.8) is 0 Å². The quantitative estimate of drug-likeness (QED) is 0.487. The molecule has 0 aromatic heterocycles. The zero-order valence-electron chi connectivity index (χ0n) is 15.1. The van der Waals surface area contributed by atoms with Gasteiger partial charge in [-0.05, 0) is 49.6 Å². The Morgan fingerprint density at radius 3 is 2.50 bits per heavy atom. The fourth-order valence-corrected chi connectivity index (χ4v) is 3.10. The fourth-order valence-electron chi connectivity index (χ4n) is 3.10. The molecule has 0 bridgehead atoms. The minimum absolute atomic E-state index is 0.0432. The Kier molecular flexibility index (Phi) is 6.25. The molecule has 0 unspecified atom stereocenters. The SMILES string of the molecule is CCOC(=O)C1CCN(c2ccc(C=NNc3ccccc3)cc2)CC1.